The Labute approximate surface area is 59.3 Å². The van der Waals surface area contributed by atoms with Crippen LogP contribution in [0.5, 0.6) is 0 Å². The minimum atomic E-state index is -0.0139. The van der Waals surface area contributed by atoms with E-state index < -0.39 is 0 Å². The molecule has 0 saturated heterocycles. The number of aliphatic hydroxyl groups excluding tert-OH is 1. The van der Waals surface area contributed by atoms with Crippen LogP contribution in [0.15, 0.2) is 24.1 Å². The van der Waals surface area contributed by atoms with Gasteiger partial charge in [0, 0.05) is 19.7 Å². The van der Waals surface area contributed by atoms with Gasteiger partial charge in [0.25, 0.3) is 0 Å². The predicted molar refractivity (Wildman–Crippen MR) is 37.2 cm³/mol. The first kappa shape index (κ1) is 6.86. The van der Waals surface area contributed by atoms with Gasteiger partial charge in [-0.15, -0.1) is 0 Å². The zero-order valence-corrected chi connectivity index (χ0v) is 5.74. The Morgan fingerprint density at radius 3 is 2.90 bits per heavy atom. The molecule has 1 heterocycles. The van der Waals surface area contributed by atoms with Gasteiger partial charge in [0.2, 0.25) is 5.91 Å². The smallest absolute Gasteiger partial charge is 0.223 e. The average molecular weight is 139 g/mol. The molecule has 54 valence electrons. The minimum Gasteiger partial charge on any atom is -0.508 e. The van der Waals surface area contributed by atoms with Crippen molar-refractivity contribution in [3.63, 3.8) is 0 Å². The van der Waals surface area contributed by atoms with Crippen molar-refractivity contribution in [2.45, 2.75) is 6.92 Å². The van der Waals surface area contributed by atoms with E-state index in [1.165, 1.54) is 17.9 Å². The summed E-state index contributed by atoms with van der Waals surface area (Å²) in [5.41, 5.74) is 0. The predicted octanol–water partition coefficient (Wildman–Crippen LogP) is 0.804. The van der Waals surface area contributed by atoms with E-state index in [9.17, 15) is 4.79 Å². The van der Waals surface area contributed by atoms with Gasteiger partial charge in [0.15, 0.2) is 0 Å². The lowest BCUT2D eigenvalue weighted by Crippen LogP contribution is -2.24. The number of allylic oxidation sites excluding steroid dienone is 1. The standard InChI is InChI=1S/C7H9NO2/c1-6(9)8-4-2-7(10)3-5-8/h2-4,10H,5H2,1H3. The van der Waals surface area contributed by atoms with Crippen LogP contribution in [0.25, 0.3) is 0 Å². The maximum absolute atomic E-state index is 10.7. The molecule has 1 rings (SSSR count). The highest BCUT2D eigenvalue weighted by Crippen LogP contribution is 2.03. The van der Waals surface area contributed by atoms with E-state index in [0.717, 1.165) is 0 Å². The first-order valence-corrected chi connectivity index (χ1v) is 3.04. The summed E-state index contributed by atoms with van der Waals surface area (Å²) in [7, 11) is 0. The Bertz CT molecular complexity index is 206. The molecule has 1 aliphatic heterocycles. The third-order valence-corrected chi connectivity index (χ3v) is 1.33. The van der Waals surface area contributed by atoms with Crippen LogP contribution in [-0.4, -0.2) is 22.5 Å². The van der Waals surface area contributed by atoms with E-state index in [1.54, 1.807) is 12.3 Å². The lowest BCUT2D eigenvalue weighted by Gasteiger charge is -2.16. The van der Waals surface area contributed by atoms with E-state index in [0.29, 0.717) is 6.54 Å². The highest BCUT2D eigenvalue weighted by Gasteiger charge is 2.06. The van der Waals surface area contributed by atoms with Crippen LogP contribution in [0.2, 0.25) is 0 Å². The number of carbonyl (C=O) groups excluding carboxylic acids is 1. The lowest BCUT2D eigenvalue weighted by molar-refractivity contribution is -0.125. The van der Waals surface area contributed by atoms with Crippen molar-refractivity contribution in [1.82, 2.24) is 4.90 Å². The van der Waals surface area contributed by atoms with E-state index >= 15 is 0 Å². The number of carbonyl (C=O) groups is 1. The fraction of sp³-hybridized carbons (Fsp3) is 0.286. The van der Waals surface area contributed by atoms with Gasteiger partial charge in [-0.05, 0) is 12.2 Å². The molecule has 0 unspecified atom stereocenters. The van der Waals surface area contributed by atoms with Crippen molar-refractivity contribution in [2.24, 2.45) is 0 Å². The number of nitrogens with zero attached hydrogens (tertiary/aromatic N) is 1. The molecule has 0 aromatic heterocycles. The Morgan fingerprint density at radius 2 is 2.50 bits per heavy atom. The first-order chi connectivity index (χ1) is 4.70. The highest BCUT2D eigenvalue weighted by atomic mass is 16.3. The topological polar surface area (TPSA) is 40.5 Å². The second-order valence-corrected chi connectivity index (χ2v) is 2.12. The SMILES string of the molecule is CC(=O)N1C=CC(O)=CC1. The summed E-state index contributed by atoms with van der Waals surface area (Å²) in [5, 5.41) is 8.85. The van der Waals surface area contributed by atoms with Gasteiger partial charge in [-0.3, -0.25) is 4.79 Å². The zero-order valence-electron chi connectivity index (χ0n) is 5.74. The summed E-state index contributed by atoms with van der Waals surface area (Å²) in [6.45, 7) is 1.96. The summed E-state index contributed by atoms with van der Waals surface area (Å²) in [5.74, 6) is 0.206. The van der Waals surface area contributed by atoms with Crippen LogP contribution in [-0.2, 0) is 4.79 Å². The molecule has 0 atom stereocenters. The molecule has 3 heteroatoms. The van der Waals surface area contributed by atoms with E-state index in [1.807, 2.05) is 0 Å². The number of hydrogen-bond donors (Lipinski definition) is 1. The molecule has 3 nitrogen and oxygen atoms in total. The monoisotopic (exact) mass is 139 g/mol. The number of rotatable bonds is 0. The first-order valence-electron chi connectivity index (χ1n) is 3.04. The zero-order chi connectivity index (χ0) is 7.56. The molecule has 1 amide bonds. The maximum atomic E-state index is 10.7. The summed E-state index contributed by atoms with van der Waals surface area (Å²) in [6, 6.07) is 0. The van der Waals surface area contributed by atoms with Gasteiger partial charge in [0.1, 0.15) is 5.76 Å². The van der Waals surface area contributed by atoms with Gasteiger partial charge >= 0.3 is 0 Å². The molecular formula is C7H9NO2. The van der Waals surface area contributed by atoms with Crippen molar-refractivity contribution in [2.75, 3.05) is 6.54 Å². The maximum Gasteiger partial charge on any atom is 0.223 e. The lowest BCUT2D eigenvalue weighted by atomic mass is 10.3. The third-order valence-electron chi connectivity index (χ3n) is 1.33. The van der Waals surface area contributed by atoms with Gasteiger partial charge in [0.05, 0.1) is 0 Å². The third kappa shape index (κ3) is 1.37. The molecule has 0 aromatic rings. The van der Waals surface area contributed by atoms with E-state index in [2.05, 4.69) is 0 Å². The van der Waals surface area contributed by atoms with E-state index in [4.69, 9.17) is 5.11 Å². The van der Waals surface area contributed by atoms with Crippen LogP contribution in [0, 0.1) is 0 Å². The minimum absolute atomic E-state index is 0.0139. The largest absolute Gasteiger partial charge is 0.508 e. The molecule has 0 bridgehead atoms. The molecule has 0 fully saturated rings. The summed E-state index contributed by atoms with van der Waals surface area (Å²) in [6.07, 6.45) is 4.64. The molecule has 1 N–H and O–H groups in total. The fourth-order valence-corrected chi connectivity index (χ4v) is 0.721. The van der Waals surface area contributed by atoms with E-state index in [-0.39, 0.29) is 11.7 Å². The molecule has 10 heavy (non-hydrogen) atoms. The van der Waals surface area contributed by atoms with Crippen LogP contribution in [0.1, 0.15) is 6.92 Å². The van der Waals surface area contributed by atoms with Crippen molar-refractivity contribution in [1.29, 1.82) is 0 Å². The number of hydrogen-bond acceptors (Lipinski definition) is 2. The molecular weight excluding hydrogens is 130 g/mol. The van der Waals surface area contributed by atoms with Crippen molar-refractivity contribution < 1.29 is 9.90 Å². The molecule has 0 saturated carbocycles. The molecule has 0 aromatic carbocycles. The fourth-order valence-electron chi connectivity index (χ4n) is 0.721. The Kier molecular flexibility index (Phi) is 1.76. The molecule has 1 aliphatic rings. The van der Waals surface area contributed by atoms with Crippen molar-refractivity contribution in [3.8, 4) is 0 Å². The number of aliphatic hydroxyl groups is 1. The van der Waals surface area contributed by atoms with Gasteiger partial charge in [-0.1, -0.05) is 0 Å². The van der Waals surface area contributed by atoms with Crippen LogP contribution in [0.3, 0.4) is 0 Å². The Hall–Kier alpha value is -1.25. The molecule has 0 spiro atoms. The highest BCUT2D eigenvalue weighted by molar-refractivity contribution is 5.74. The molecule has 0 radical (unpaired) electrons. The van der Waals surface area contributed by atoms with Crippen LogP contribution in [0.4, 0.5) is 0 Å². The number of amides is 1. The summed E-state index contributed by atoms with van der Waals surface area (Å²) in [4.78, 5) is 12.2. The second kappa shape index (κ2) is 2.56. The van der Waals surface area contributed by atoms with Crippen LogP contribution < -0.4 is 0 Å². The van der Waals surface area contributed by atoms with Crippen LogP contribution >= 0.6 is 0 Å². The van der Waals surface area contributed by atoms with Crippen molar-refractivity contribution >= 4 is 5.91 Å². The normalized spacial score (nSPS) is 16.9. The quantitative estimate of drug-likeness (QED) is 0.539. The second-order valence-electron chi connectivity index (χ2n) is 2.12. The van der Waals surface area contributed by atoms with Gasteiger partial charge in [-0.2, -0.15) is 0 Å². The Balaban J connectivity index is 2.60. The summed E-state index contributed by atoms with van der Waals surface area (Å²) < 4.78 is 0. The Morgan fingerprint density at radius 1 is 1.80 bits per heavy atom. The molecule has 0 aliphatic carbocycles. The van der Waals surface area contributed by atoms with Gasteiger partial charge in [-0.25, -0.2) is 0 Å². The van der Waals surface area contributed by atoms with Gasteiger partial charge < -0.3 is 10.0 Å². The average Bonchev–Trinajstić information content (AvgIpc) is 1.88. The van der Waals surface area contributed by atoms with Crippen molar-refractivity contribution in [3.05, 3.63) is 24.1 Å². The summed E-state index contributed by atoms with van der Waals surface area (Å²) >= 11 is 0.